The Morgan fingerprint density at radius 3 is 3.00 bits per heavy atom. The Hall–Kier alpha value is -1.52. The summed E-state index contributed by atoms with van der Waals surface area (Å²) in [4.78, 5) is 14.3. The van der Waals surface area contributed by atoms with E-state index in [1.54, 1.807) is 0 Å². The van der Waals surface area contributed by atoms with Crippen LogP contribution < -0.4 is 5.32 Å². The van der Waals surface area contributed by atoms with Crippen LogP contribution >= 0.6 is 0 Å². The molecule has 1 aromatic rings. The Morgan fingerprint density at radius 2 is 2.60 bits per heavy atom. The molecule has 0 unspecified atom stereocenters. The normalized spacial score (nSPS) is 9.30. The maximum absolute atomic E-state index is 10.7. The zero-order chi connectivity index (χ0) is 7.56. The maximum atomic E-state index is 10.7. The number of aromatic nitrogens is 2. The molecule has 0 aliphatic heterocycles. The lowest BCUT2D eigenvalue weighted by Gasteiger charge is -1.98. The highest BCUT2D eigenvalue weighted by Crippen LogP contribution is 2.04. The molecule has 10 heavy (non-hydrogen) atoms. The number of rotatable bonds is 0. The molecule has 1 amide bonds. The lowest BCUT2D eigenvalue weighted by Crippen LogP contribution is -2.23. The van der Waals surface area contributed by atoms with E-state index in [0.717, 1.165) is 4.57 Å². The number of carbonyl (C=O) groups is 1. The van der Waals surface area contributed by atoms with Crippen LogP contribution in [0, 0.1) is 0 Å². The van der Waals surface area contributed by atoms with E-state index < -0.39 is 6.03 Å². The fraction of sp³-hybridized carbons (Fsp3) is 0.200. The average Bonchev–Trinajstić information content (AvgIpc) is 2.34. The number of imidazole rings is 1. The van der Waals surface area contributed by atoms with Crippen molar-refractivity contribution >= 4 is 6.03 Å². The third-order valence-electron chi connectivity index (χ3n) is 1.05. The highest BCUT2D eigenvalue weighted by atomic mass is 16.3. The van der Waals surface area contributed by atoms with Crippen molar-refractivity contribution < 1.29 is 9.90 Å². The molecule has 0 bridgehead atoms. The summed E-state index contributed by atoms with van der Waals surface area (Å²) >= 11 is 0. The van der Waals surface area contributed by atoms with Crippen molar-refractivity contribution in [3.63, 3.8) is 0 Å². The smallest absolute Gasteiger partial charge is 0.329 e. The molecule has 0 aliphatic rings. The molecule has 2 N–H and O–H groups in total. The Morgan fingerprint density at radius 1 is 1.90 bits per heavy atom. The number of hydrogen-bond acceptors (Lipinski definition) is 3. The van der Waals surface area contributed by atoms with Gasteiger partial charge in [0.25, 0.3) is 0 Å². The highest BCUT2D eigenvalue weighted by Gasteiger charge is 2.04. The van der Waals surface area contributed by atoms with E-state index in [2.05, 4.69) is 10.3 Å². The molecular formula is C5H7N3O2. The molecule has 5 heteroatoms. The SMILES string of the molecule is CNC(=O)n1cncc1O. The summed E-state index contributed by atoms with van der Waals surface area (Å²) in [7, 11) is 1.47. The predicted molar refractivity (Wildman–Crippen MR) is 33.7 cm³/mol. The third kappa shape index (κ3) is 0.928. The molecule has 1 heterocycles. The molecular weight excluding hydrogens is 134 g/mol. The van der Waals surface area contributed by atoms with Crippen LogP contribution in [0.15, 0.2) is 12.5 Å². The Bertz CT molecular complexity index is 243. The van der Waals surface area contributed by atoms with Crippen LogP contribution in [0.1, 0.15) is 0 Å². The molecule has 0 aliphatic carbocycles. The van der Waals surface area contributed by atoms with Gasteiger partial charge in [-0.05, 0) is 0 Å². The first kappa shape index (κ1) is 6.60. The van der Waals surface area contributed by atoms with Gasteiger partial charge in [0.2, 0.25) is 5.88 Å². The minimum absolute atomic E-state index is 0.167. The Kier molecular flexibility index (Phi) is 1.57. The van der Waals surface area contributed by atoms with Crippen LogP contribution in [0.3, 0.4) is 0 Å². The number of carbonyl (C=O) groups excluding carboxylic acids is 1. The van der Waals surface area contributed by atoms with Gasteiger partial charge in [-0.25, -0.2) is 14.3 Å². The summed E-state index contributed by atoms with van der Waals surface area (Å²) in [5.41, 5.74) is 0. The number of hydrogen-bond donors (Lipinski definition) is 2. The summed E-state index contributed by atoms with van der Waals surface area (Å²) in [5.74, 6) is -0.167. The van der Waals surface area contributed by atoms with E-state index in [0.29, 0.717) is 0 Å². The van der Waals surface area contributed by atoms with Crippen molar-refractivity contribution in [1.29, 1.82) is 0 Å². The Balaban J connectivity index is 2.93. The van der Waals surface area contributed by atoms with Gasteiger partial charge in [-0.15, -0.1) is 0 Å². The molecule has 0 aromatic carbocycles. The van der Waals surface area contributed by atoms with Gasteiger partial charge in [0.1, 0.15) is 6.33 Å². The standard InChI is InChI=1S/C5H7N3O2/c1-6-5(10)8-3-7-2-4(8)9/h2-3,9H,1H3,(H,6,10). The van der Waals surface area contributed by atoms with E-state index in [9.17, 15) is 4.79 Å². The minimum atomic E-state index is -0.407. The topological polar surface area (TPSA) is 67.2 Å². The third-order valence-corrected chi connectivity index (χ3v) is 1.05. The lowest BCUT2D eigenvalue weighted by atomic mass is 10.8. The largest absolute Gasteiger partial charge is 0.493 e. The van der Waals surface area contributed by atoms with Gasteiger partial charge in [0.15, 0.2) is 0 Å². The first-order valence-electron chi connectivity index (χ1n) is 2.69. The van der Waals surface area contributed by atoms with E-state index in [-0.39, 0.29) is 5.88 Å². The lowest BCUT2D eigenvalue weighted by molar-refractivity contribution is 0.241. The second kappa shape index (κ2) is 2.38. The molecule has 0 fully saturated rings. The van der Waals surface area contributed by atoms with Crippen LogP contribution in [-0.2, 0) is 0 Å². The first-order valence-corrected chi connectivity index (χ1v) is 2.69. The quantitative estimate of drug-likeness (QED) is 0.524. The highest BCUT2D eigenvalue weighted by molar-refractivity contribution is 5.77. The number of amides is 1. The molecule has 0 saturated carbocycles. The predicted octanol–water partition coefficient (Wildman–Crippen LogP) is -0.224. The van der Waals surface area contributed by atoms with Gasteiger partial charge < -0.3 is 10.4 Å². The van der Waals surface area contributed by atoms with Crippen LogP contribution in [0.2, 0.25) is 0 Å². The zero-order valence-electron chi connectivity index (χ0n) is 5.40. The van der Waals surface area contributed by atoms with Crippen molar-refractivity contribution in [2.75, 3.05) is 7.05 Å². The van der Waals surface area contributed by atoms with Crippen LogP contribution in [0.25, 0.3) is 0 Å². The number of nitrogens with one attached hydrogen (secondary N) is 1. The molecule has 1 rings (SSSR count). The summed E-state index contributed by atoms with van der Waals surface area (Å²) in [6.07, 6.45) is 2.42. The van der Waals surface area contributed by atoms with E-state index in [1.807, 2.05) is 0 Å². The van der Waals surface area contributed by atoms with Crippen LogP contribution in [-0.4, -0.2) is 27.7 Å². The number of aromatic hydroxyl groups is 1. The van der Waals surface area contributed by atoms with Crippen LogP contribution in [0.4, 0.5) is 4.79 Å². The summed E-state index contributed by atoms with van der Waals surface area (Å²) in [6, 6.07) is -0.407. The second-order valence-electron chi connectivity index (χ2n) is 1.68. The van der Waals surface area contributed by atoms with Gasteiger partial charge in [0.05, 0.1) is 6.20 Å². The van der Waals surface area contributed by atoms with Crippen molar-refractivity contribution in [2.45, 2.75) is 0 Å². The van der Waals surface area contributed by atoms with E-state index in [1.165, 1.54) is 19.6 Å². The van der Waals surface area contributed by atoms with Gasteiger partial charge >= 0.3 is 6.03 Å². The van der Waals surface area contributed by atoms with Crippen molar-refractivity contribution in [3.05, 3.63) is 12.5 Å². The summed E-state index contributed by atoms with van der Waals surface area (Å²) in [6.45, 7) is 0. The molecule has 0 saturated heterocycles. The second-order valence-corrected chi connectivity index (χ2v) is 1.68. The van der Waals surface area contributed by atoms with Crippen LogP contribution in [0.5, 0.6) is 5.88 Å². The maximum Gasteiger partial charge on any atom is 0.329 e. The summed E-state index contributed by atoms with van der Waals surface area (Å²) in [5, 5.41) is 11.2. The van der Waals surface area contributed by atoms with Crippen molar-refractivity contribution in [1.82, 2.24) is 14.9 Å². The zero-order valence-corrected chi connectivity index (χ0v) is 5.40. The average molecular weight is 141 g/mol. The first-order chi connectivity index (χ1) is 4.75. The molecule has 0 radical (unpaired) electrons. The van der Waals surface area contributed by atoms with Gasteiger partial charge in [-0.2, -0.15) is 0 Å². The minimum Gasteiger partial charge on any atom is -0.493 e. The van der Waals surface area contributed by atoms with E-state index >= 15 is 0 Å². The van der Waals surface area contributed by atoms with Gasteiger partial charge in [-0.3, -0.25) is 0 Å². The Labute approximate surface area is 57.3 Å². The number of nitrogens with zero attached hydrogens (tertiary/aromatic N) is 2. The fourth-order valence-electron chi connectivity index (χ4n) is 0.565. The summed E-state index contributed by atoms with van der Waals surface area (Å²) < 4.78 is 1.00. The fourth-order valence-corrected chi connectivity index (χ4v) is 0.565. The van der Waals surface area contributed by atoms with E-state index in [4.69, 9.17) is 5.11 Å². The molecule has 0 atom stereocenters. The van der Waals surface area contributed by atoms with Gasteiger partial charge in [0, 0.05) is 7.05 Å². The van der Waals surface area contributed by atoms with Crippen molar-refractivity contribution in [3.8, 4) is 5.88 Å². The van der Waals surface area contributed by atoms with Gasteiger partial charge in [-0.1, -0.05) is 0 Å². The van der Waals surface area contributed by atoms with Crippen molar-refractivity contribution in [2.24, 2.45) is 0 Å². The molecule has 5 nitrogen and oxygen atoms in total. The monoisotopic (exact) mass is 141 g/mol. The molecule has 54 valence electrons. The molecule has 0 spiro atoms. The molecule has 1 aromatic heterocycles.